The number of hydrogen-bond acceptors (Lipinski definition) is 3. The predicted molar refractivity (Wildman–Crippen MR) is 46.6 cm³/mol. The minimum atomic E-state index is 0.382. The van der Waals surface area contributed by atoms with E-state index in [-0.39, 0.29) is 0 Å². The van der Waals surface area contributed by atoms with Gasteiger partial charge < -0.3 is 14.4 Å². The van der Waals surface area contributed by atoms with Crippen LogP contribution in [0.3, 0.4) is 0 Å². The topological polar surface area (TPSA) is 38.7 Å². The van der Waals surface area contributed by atoms with Crippen molar-refractivity contribution in [2.24, 2.45) is 0 Å². The minimum absolute atomic E-state index is 0.382. The minimum Gasteiger partial charge on any atom is -0.535 e. The Morgan fingerprint density at radius 1 is 1.42 bits per heavy atom. The predicted octanol–water partition coefficient (Wildman–Crippen LogP) is 1.25. The van der Waals surface area contributed by atoms with Crippen molar-refractivity contribution >= 4 is 19.3 Å². The molecule has 1 rings (SSSR count). The first-order chi connectivity index (χ1) is 5.77. The fraction of sp³-hybridized carbons (Fsp3) is 0.143. The first kappa shape index (κ1) is 9.22. The van der Waals surface area contributed by atoms with Gasteiger partial charge in [-0.05, 0) is 12.1 Å². The largest absolute Gasteiger partial charge is 0.569 e. The van der Waals surface area contributed by atoms with Gasteiger partial charge in [0.05, 0.1) is 7.11 Å². The highest BCUT2D eigenvalue weighted by Crippen LogP contribution is 2.29. The molecule has 0 bridgehead atoms. The fourth-order valence-electron chi connectivity index (χ4n) is 0.799. The van der Waals surface area contributed by atoms with Crippen molar-refractivity contribution in [3.63, 3.8) is 0 Å². The van der Waals surface area contributed by atoms with Crippen LogP contribution in [0.1, 0.15) is 0 Å². The Morgan fingerprint density at radius 3 is 2.75 bits per heavy atom. The zero-order valence-corrected chi connectivity index (χ0v) is 7.21. The van der Waals surface area contributed by atoms with Gasteiger partial charge in [0.1, 0.15) is 5.75 Å². The lowest BCUT2D eigenvalue weighted by Crippen LogP contribution is -2.01. The lowest BCUT2D eigenvalue weighted by atomic mass is 10.3. The first-order valence-electron chi connectivity index (χ1n) is 3.24. The van der Waals surface area contributed by atoms with Gasteiger partial charge in [-0.3, -0.25) is 0 Å². The molecule has 0 unspecified atom stereocenters. The Hall–Kier alpha value is -0.865. The molecule has 0 aliphatic carbocycles. The van der Waals surface area contributed by atoms with Gasteiger partial charge in [0.15, 0.2) is 5.75 Å². The molecule has 0 aromatic heterocycles. The molecule has 1 radical (unpaired) electrons. The summed E-state index contributed by atoms with van der Waals surface area (Å²) in [5.41, 5.74) is 0. The molecule has 0 fully saturated rings. The number of ether oxygens (including phenoxy) is 1. The monoisotopic (exact) mass is 185 g/mol. The average Bonchev–Trinajstić information content (AvgIpc) is 2.05. The molecule has 12 heavy (non-hydrogen) atoms. The molecule has 0 spiro atoms. The van der Waals surface area contributed by atoms with Crippen LogP contribution in [0.4, 0.5) is 0 Å². The van der Waals surface area contributed by atoms with E-state index >= 15 is 0 Å². The van der Waals surface area contributed by atoms with E-state index in [0.717, 1.165) is 0 Å². The van der Waals surface area contributed by atoms with Gasteiger partial charge in [-0.1, -0.05) is 11.6 Å². The van der Waals surface area contributed by atoms with E-state index in [0.29, 0.717) is 24.2 Å². The van der Waals surface area contributed by atoms with Crippen LogP contribution >= 0.6 is 11.6 Å². The summed E-state index contributed by atoms with van der Waals surface area (Å²) in [6, 6.07) is 4.87. The zero-order chi connectivity index (χ0) is 8.97. The first-order valence-corrected chi connectivity index (χ1v) is 3.62. The SMILES string of the molecule is COc1ccc(Cl)cc1O[B]O. The second-order valence-corrected chi connectivity index (χ2v) is 2.45. The van der Waals surface area contributed by atoms with E-state index in [1.165, 1.54) is 7.11 Å². The average molecular weight is 185 g/mol. The molecule has 0 saturated heterocycles. The van der Waals surface area contributed by atoms with E-state index in [2.05, 4.69) is 0 Å². The summed E-state index contributed by atoms with van der Waals surface area (Å²) >= 11 is 5.68. The molecule has 1 aromatic carbocycles. The van der Waals surface area contributed by atoms with Crippen molar-refractivity contribution in [2.75, 3.05) is 7.11 Å². The van der Waals surface area contributed by atoms with Gasteiger partial charge >= 0.3 is 7.69 Å². The fourth-order valence-corrected chi connectivity index (χ4v) is 0.962. The Labute approximate surface area is 76.2 Å². The molecule has 0 aliphatic rings. The van der Waals surface area contributed by atoms with Crippen LogP contribution in [0.25, 0.3) is 0 Å². The van der Waals surface area contributed by atoms with Crippen molar-refractivity contribution in [3.8, 4) is 11.5 Å². The Morgan fingerprint density at radius 2 is 2.17 bits per heavy atom. The molecule has 5 heteroatoms. The maximum absolute atomic E-state index is 8.38. The highest BCUT2D eigenvalue weighted by atomic mass is 35.5. The van der Waals surface area contributed by atoms with E-state index in [4.69, 9.17) is 26.0 Å². The third kappa shape index (κ3) is 2.06. The molecule has 0 aliphatic heterocycles. The second-order valence-electron chi connectivity index (χ2n) is 2.02. The number of benzene rings is 1. The normalized spacial score (nSPS) is 9.25. The summed E-state index contributed by atoms with van der Waals surface area (Å²) in [6.45, 7) is 0. The summed E-state index contributed by atoms with van der Waals surface area (Å²) in [4.78, 5) is 0. The highest BCUT2D eigenvalue weighted by Gasteiger charge is 2.04. The maximum atomic E-state index is 8.38. The number of hydrogen-bond donors (Lipinski definition) is 1. The van der Waals surface area contributed by atoms with Crippen molar-refractivity contribution in [2.45, 2.75) is 0 Å². The van der Waals surface area contributed by atoms with Crippen LogP contribution in [0, 0.1) is 0 Å². The van der Waals surface area contributed by atoms with E-state index in [1.54, 1.807) is 18.2 Å². The zero-order valence-electron chi connectivity index (χ0n) is 6.45. The van der Waals surface area contributed by atoms with Crippen molar-refractivity contribution in [1.29, 1.82) is 0 Å². The number of methoxy groups -OCH3 is 1. The summed E-state index contributed by atoms with van der Waals surface area (Å²) in [5.74, 6) is 0.900. The van der Waals surface area contributed by atoms with Crippen LogP contribution in [0.2, 0.25) is 5.02 Å². The van der Waals surface area contributed by atoms with Gasteiger partial charge in [-0.2, -0.15) is 0 Å². The maximum Gasteiger partial charge on any atom is 0.569 e. The smallest absolute Gasteiger partial charge is 0.535 e. The molecule has 0 heterocycles. The van der Waals surface area contributed by atoms with Crippen LogP contribution in [-0.2, 0) is 0 Å². The van der Waals surface area contributed by atoms with Gasteiger partial charge in [-0.25, -0.2) is 0 Å². The van der Waals surface area contributed by atoms with E-state index in [9.17, 15) is 0 Å². The van der Waals surface area contributed by atoms with Crippen LogP contribution < -0.4 is 9.39 Å². The summed E-state index contributed by atoms with van der Waals surface area (Å²) in [6.07, 6.45) is 0. The van der Waals surface area contributed by atoms with Gasteiger partial charge in [-0.15, -0.1) is 0 Å². The number of rotatable bonds is 3. The molecule has 0 amide bonds. The summed E-state index contributed by atoms with van der Waals surface area (Å²) in [5, 5.41) is 8.91. The Balaban J connectivity index is 2.95. The highest BCUT2D eigenvalue weighted by molar-refractivity contribution is 6.30. The van der Waals surface area contributed by atoms with Crippen LogP contribution in [0.15, 0.2) is 18.2 Å². The van der Waals surface area contributed by atoms with Crippen LogP contribution in [-0.4, -0.2) is 19.8 Å². The van der Waals surface area contributed by atoms with Crippen molar-refractivity contribution < 1.29 is 14.4 Å². The van der Waals surface area contributed by atoms with Crippen molar-refractivity contribution in [3.05, 3.63) is 23.2 Å². The van der Waals surface area contributed by atoms with Gasteiger partial charge in [0, 0.05) is 11.1 Å². The molecule has 0 atom stereocenters. The van der Waals surface area contributed by atoms with Crippen LogP contribution in [0.5, 0.6) is 11.5 Å². The summed E-state index contributed by atoms with van der Waals surface area (Å²) < 4.78 is 9.67. The Kier molecular flexibility index (Phi) is 3.25. The Bertz CT molecular complexity index is 267. The van der Waals surface area contributed by atoms with Gasteiger partial charge in [0.25, 0.3) is 0 Å². The molecule has 1 N–H and O–H groups in total. The molecular weight excluding hydrogens is 178 g/mol. The third-order valence-electron chi connectivity index (χ3n) is 1.31. The lowest BCUT2D eigenvalue weighted by molar-refractivity contribution is 0.381. The molecule has 63 valence electrons. The quantitative estimate of drug-likeness (QED) is 0.721. The summed E-state index contributed by atoms with van der Waals surface area (Å²) in [7, 11) is 2.08. The third-order valence-corrected chi connectivity index (χ3v) is 1.54. The molecule has 3 nitrogen and oxygen atoms in total. The lowest BCUT2D eigenvalue weighted by Gasteiger charge is -2.07. The molecular formula is C7H7BClO3. The van der Waals surface area contributed by atoms with Crippen molar-refractivity contribution in [1.82, 2.24) is 0 Å². The standard InChI is InChI=1S/C7H7BClO3/c1-11-6-3-2-5(9)4-7(6)12-8-10/h2-4,10H,1H3. The molecule has 1 aromatic rings. The van der Waals surface area contributed by atoms with Gasteiger partial charge in [0.2, 0.25) is 0 Å². The second kappa shape index (κ2) is 4.23. The molecule has 0 saturated carbocycles. The number of halogens is 1. The van der Waals surface area contributed by atoms with E-state index in [1.807, 2.05) is 0 Å². The van der Waals surface area contributed by atoms with E-state index < -0.39 is 0 Å².